The predicted octanol–water partition coefficient (Wildman–Crippen LogP) is 2.59. The number of hydrogen-bond acceptors (Lipinski definition) is 3. The minimum absolute atomic E-state index is 0.593. The Labute approximate surface area is 70.2 Å². The largest absolute Gasteiger partial charge is 0.468 e. The highest BCUT2D eigenvalue weighted by molar-refractivity contribution is 7.99. The lowest BCUT2D eigenvalue weighted by Gasteiger charge is -1.93. The Bertz CT molecular complexity index is 261. The number of thioether (sulfide) groups is 1. The zero-order valence-corrected chi connectivity index (χ0v) is 7.15. The number of aryl methyl sites for hydroxylation is 1. The molecule has 0 spiro atoms. The van der Waals surface area contributed by atoms with Crippen molar-refractivity contribution < 1.29 is 4.42 Å². The van der Waals surface area contributed by atoms with Gasteiger partial charge in [-0.15, -0.1) is 11.8 Å². The van der Waals surface area contributed by atoms with E-state index >= 15 is 0 Å². The Morgan fingerprint density at radius 2 is 2.55 bits per heavy atom. The van der Waals surface area contributed by atoms with E-state index in [-0.39, 0.29) is 0 Å². The second kappa shape index (κ2) is 4.09. The molecular weight excluding hydrogens is 158 g/mol. The van der Waals surface area contributed by atoms with Gasteiger partial charge in [-0.05, 0) is 13.0 Å². The molecular formula is C8H9NOS. The van der Waals surface area contributed by atoms with Crippen LogP contribution in [0, 0.1) is 18.3 Å². The molecule has 0 aromatic carbocycles. The number of furan rings is 1. The molecule has 2 nitrogen and oxygen atoms in total. The van der Waals surface area contributed by atoms with Gasteiger partial charge in [-0.2, -0.15) is 5.26 Å². The predicted molar refractivity (Wildman–Crippen MR) is 44.4 cm³/mol. The van der Waals surface area contributed by atoms with E-state index in [1.807, 2.05) is 13.0 Å². The third-order valence-electron chi connectivity index (χ3n) is 1.28. The van der Waals surface area contributed by atoms with Gasteiger partial charge < -0.3 is 4.42 Å². The highest BCUT2D eigenvalue weighted by Gasteiger charge is 1.99. The van der Waals surface area contributed by atoms with E-state index in [9.17, 15) is 0 Å². The van der Waals surface area contributed by atoms with Crippen LogP contribution in [0.1, 0.15) is 12.2 Å². The molecule has 0 bridgehead atoms. The maximum atomic E-state index is 8.28. The lowest BCUT2D eigenvalue weighted by molar-refractivity contribution is 0.527. The Morgan fingerprint density at radius 3 is 3.09 bits per heavy atom. The van der Waals surface area contributed by atoms with Crippen LogP contribution >= 0.6 is 11.8 Å². The van der Waals surface area contributed by atoms with Gasteiger partial charge >= 0.3 is 0 Å². The third-order valence-corrected chi connectivity index (χ3v) is 2.43. The molecule has 0 radical (unpaired) electrons. The van der Waals surface area contributed by atoms with Crippen molar-refractivity contribution in [2.75, 3.05) is 5.75 Å². The molecule has 11 heavy (non-hydrogen) atoms. The van der Waals surface area contributed by atoms with Crippen LogP contribution in [0.2, 0.25) is 0 Å². The van der Waals surface area contributed by atoms with Crippen LogP contribution in [-0.2, 0) is 0 Å². The first-order valence-corrected chi connectivity index (χ1v) is 4.37. The quantitative estimate of drug-likeness (QED) is 0.513. The van der Waals surface area contributed by atoms with Crippen molar-refractivity contribution in [3.8, 4) is 6.07 Å². The van der Waals surface area contributed by atoms with Gasteiger partial charge in [0.05, 0.1) is 12.3 Å². The van der Waals surface area contributed by atoms with Crippen molar-refractivity contribution in [2.45, 2.75) is 18.2 Å². The van der Waals surface area contributed by atoms with E-state index in [2.05, 4.69) is 6.07 Å². The van der Waals surface area contributed by atoms with E-state index in [1.165, 1.54) is 0 Å². The van der Waals surface area contributed by atoms with E-state index < -0.39 is 0 Å². The molecule has 0 unspecified atom stereocenters. The van der Waals surface area contributed by atoms with Crippen molar-refractivity contribution in [1.29, 1.82) is 5.26 Å². The smallest absolute Gasteiger partial charge is 0.114 e. The van der Waals surface area contributed by atoms with Gasteiger partial charge in [0.25, 0.3) is 0 Å². The Kier molecular flexibility index (Phi) is 3.06. The van der Waals surface area contributed by atoms with Gasteiger partial charge in [0.2, 0.25) is 0 Å². The van der Waals surface area contributed by atoms with Crippen LogP contribution in [0.15, 0.2) is 21.6 Å². The second-order valence-electron chi connectivity index (χ2n) is 2.10. The Hall–Kier alpha value is -0.880. The van der Waals surface area contributed by atoms with Crippen molar-refractivity contribution in [1.82, 2.24) is 0 Å². The zero-order chi connectivity index (χ0) is 8.10. The molecule has 0 fully saturated rings. The first-order valence-electron chi connectivity index (χ1n) is 3.38. The third kappa shape index (κ3) is 2.32. The van der Waals surface area contributed by atoms with Gasteiger partial charge in [0.15, 0.2) is 0 Å². The SMILES string of the molecule is Cc1occc1SCCC#N. The standard InChI is InChI=1S/C8H9NOS/c1-7-8(3-5-10-7)11-6-2-4-9/h3,5H,2,6H2,1H3. The summed E-state index contributed by atoms with van der Waals surface area (Å²) in [5.41, 5.74) is 0. The molecule has 0 aliphatic heterocycles. The number of nitriles is 1. The average Bonchev–Trinajstić information content (AvgIpc) is 2.37. The fraction of sp³-hybridized carbons (Fsp3) is 0.375. The zero-order valence-electron chi connectivity index (χ0n) is 6.33. The summed E-state index contributed by atoms with van der Waals surface area (Å²) in [6, 6.07) is 4.03. The van der Waals surface area contributed by atoms with Crippen molar-refractivity contribution in [3.05, 3.63) is 18.1 Å². The van der Waals surface area contributed by atoms with E-state index in [0.717, 1.165) is 16.4 Å². The Morgan fingerprint density at radius 1 is 1.73 bits per heavy atom. The first kappa shape index (κ1) is 8.22. The fourth-order valence-electron chi connectivity index (χ4n) is 0.730. The second-order valence-corrected chi connectivity index (χ2v) is 3.23. The van der Waals surface area contributed by atoms with Crippen LogP contribution in [0.5, 0.6) is 0 Å². The van der Waals surface area contributed by atoms with Crippen LogP contribution in [0.4, 0.5) is 0 Å². The maximum Gasteiger partial charge on any atom is 0.114 e. The van der Waals surface area contributed by atoms with Crippen LogP contribution in [0.3, 0.4) is 0 Å². The van der Waals surface area contributed by atoms with Crippen molar-refractivity contribution in [2.24, 2.45) is 0 Å². The van der Waals surface area contributed by atoms with Gasteiger partial charge in [-0.1, -0.05) is 0 Å². The molecule has 0 aliphatic carbocycles. The fourth-order valence-corrected chi connectivity index (χ4v) is 1.55. The minimum atomic E-state index is 0.593. The number of nitrogens with zero attached hydrogens (tertiary/aromatic N) is 1. The van der Waals surface area contributed by atoms with Crippen LogP contribution in [0.25, 0.3) is 0 Å². The average molecular weight is 167 g/mol. The summed E-state index contributed by atoms with van der Waals surface area (Å²) in [6.07, 6.45) is 2.26. The maximum absolute atomic E-state index is 8.28. The number of hydrogen-bond donors (Lipinski definition) is 0. The molecule has 0 saturated heterocycles. The molecule has 0 aliphatic rings. The van der Waals surface area contributed by atoms with Gasteiger partial charge in [0, 0.05) is 17.1 Å². The summed E-state index contributed by atoms with van der Waals surface area (Å²) in [4.78, 5) is 1.14. The summed E-state index contributed by atoms with van der Waals surface area (Å²) >= 11 is 1.66. The summed E-state index contributed by atoms with van der Waals surface area (Å²) in [7, 11) is 0. The lowest BCUT2D eigenvalue weighted by Crippen LogP contribution is -1.75. The summed E-state index contributed by atoms with van der Waals surface area (Å²) < 4.78 is 5.09. The molecule has 58 valence electrons. The summed E-state index contributed by atoms with van der Waals surface area (Å²) in [5.74, 6) is 1.78. The molecule has 3 heteroatoms. The van der Waals surface area contributed by atoms with E-state index in [0.29, 0.717) is 6.42 Å². The van der Waals surface area contributed by atoms with Crippen molar-refractivity contribution >= 4 is 11.8 Å². The minimum Gasteiger partial charge on any atom is -0.468 e. The van der Waals surface area contributed by atoms with Gasteiger partial charge in [-0.3, -0.25) is 0 Å². The van der Waals surface area contributed by atoms with Crippen LogP contribution in [-0.4, -0.2) is 5.75 Å². The molecule has 1 aromatic heterocycles. The van der Waals surface area contributed by atoms with Gasteiger partial charge in [0.1, 0.15) is 5.76 Å². The first-order chi connectivity index (χ1) is 5.34. The van der Waals surface area contributed by atoms with E-state index in [4.69, 9.17) is 9.68 Å². The van der Waals surface area contributed by atoms with Gasteiger partial charge in [-0.25, -0.2) is 0 Å². The summed E-state index contributed by atoms with van der Waals surface area (Å²) in [6.45, 7) is 1.93. The van der Waals surface area contributed by atoms with Crippen LogP contribution < -0.4 is 0 Å². The topological polar surface area (TPSA) is 36.9 Å². The highest BCUT2D eigenvalue weighted by Crippen LogP contribution is 2.23. The van der Waals surface area contributed by atoms with Crippen molar-refractivity contribution in [3.63, 3.8) is 0 Å². The summed E-state index contributed by atoms with van der Waals surface area (Å²) in [5, 5.41) is 8.28. The number of rotatable bonds is 3. The lowest BCUT2D eigenvalue weighted by atomic mass is 10.5. The molecule has 1 heterocycles. The van der Waals surface area contributed by atoms with E-state index in [1.54, 1.807) is 18.0 Å². The normalized spacial score (nSPS) is 9.45. The molecule has 0 N–H and O–H groups in total. The molecule has 0 amide bonds. The molecule has 0 atom stereocenters. The molecule has 1 aromatic rings. The molecule has 0 saturated carbocycles. The monoisotopic (exact) mass is 167 g/mol. The Balaban J connectivity index is 2.40. The highest BCUT2D eigenvalue weighted by atomic mass is 32.2. The molecule has 1 rings (SSSR count).